The maximum absolute atomic E-state index is 11.0. The van der Waals surface area contributed by atoms with Crippen molar-refractivity contribution in [1.29, 1.82) is 0 Å². The lowest BCUT2D eigenvalue weighted by Gasteiger charge is -2.12. The van der Waals surface area contributed by atoms with Crippen molar-refractivity contribution in [2.75, 3.05) is 18.9 Å². The van der Waals surface area contributed by atoms with Crippen LogP contribution in [-0.2, 0) is 11.3 Å². The van der Waals surface area contributed by atoms with Crippen LogP contribution in [0.1, 0.15) is 25.3 Å². The summed E-state index contributed by atoms with van der Waals surface area (Å²) in [5.74, 6) is 1.58. The number of amides is 1. The number of hydrogen-bond donors (Lipinski definition) is 3. The van der Waals surface area contributed by atoms with E-state index in [1.54, 1.807) is 7.05 Å². The maximum Gasteiger partial charge on any atom is 0.221 e. The summed E-state index contributed by atoms with van der Waals surface area (Å²) in [6.07, 6.45) is 2.64. The molecule has 0 radical (unpaired) electrons. The van der Waals surface area contributed by atoms with Crippen LogP contribution in [0.15, 0.2) is 29.3 Å². The van der Waals surface area contributed by atoms with Crippen molar-refractivity contribution in [2.24, 2.45) is 10.9 Å². The summed E-state index contributed by atoms with van der Waals surface area (Å²) in [6, 6.07) is 7.79. The van der Waals surface area contributed by atoms with E-state index < -0.39 is 0 Å². The molecule has 21 heavy (non-hydrogen) atoms. The van der Waals surface area contributed by atoms with Gasteiger partial charge in [0.15, 0.2) is 5.96 Å². The van der Waals surface area contributed by atoms with Crippen LogP contribution in [0.25, 0.3) is 0 Å². The average molecular weight is 402 g/mol. The number of carbonyl (C=O) groups excluding carboxylic acids is 1. The molecule has 0 bridgehead atoms. The van der Waals surface area contributed by atoms with E-state index in [2.05, 4.69) is 20.9 Å². The van der Waals surface area contributed by atoms with Crippen molar-refractivity contribution in [3.63, 3.8) is 0 Å². The molecule has 6 heteroatoms. The number of rotatable bonds is 5. The first-order valence-corrected chi connectivity index (χ1v) is 6.98. The van der Waals surface area contributed by atoms with Crippen LogP contribution in [0.2, 0.25) is 0 Å². The number of halogens is 1. The molecule has 2 rings (SSSR count). The molecule has 0 spiro atoms. The molecule has 116 valence electrons. The predicted molar refractivity (Wildman–Crippen MR) is 97.1 cm³/mol. The third-order valence-electron chi connectivity index (χ3n) is 3.19. The van der Waals surface area contributed by atoms with Gasteiger partial charge in [-0.3, -0.25) is 9.79 Å². The lowest BCUT2D eigenvalue weighted by molar-refractivity contribution is -0.114. The molecule has 1 aromatic carbocycles. The number of nitrogens with zero attached hydrogens (tertiary/aromatic N) is 1. The van der Waals surface area contributed by atoms with Gasteiger partial charge in [-0.2, -0.15) is 0 Å². The van der Waals surface area contributed by atoms with Gasteiger partial charge >= 0.3 is 0 Å². The zero-order valence-corrected chi connectivity index (χ0v) is 14.8. The minimum absolute atomic E-state index is 0. The Hall–Kier alpha value is -1.31. The Balaban J connectivity index is 0.00000220. The fourth-order valence-corrected chi connectivity index (χ4v) is 1.93. The highest BCUT2D eigenvalue weighted by Crippen LogP contribution is 2.27. The molecule has 1 aliphatic carbocycles. The van der Waals surface area contributed by atoms with E-state index in [1.165, 1.54) is 19.8 Å². The number of guanidine groups is 1. The zero-order chi connectivity index (χ0) is 14.4. The van der Waals surface area contributed by atoms with E-state index in [9.17, 15) is 4.79 Å². The zero-order valence-electron chi connectivity index (χ0n) is 12.5. The van der Waals surface area contributed by atoms with E-state index in [0.717, 1.165) is 29.7 Å². The van der Waals surface area contributed by atoms with Gasteiger partial charge in [-0.25, -0.2) is 0 Å². The molecular weight excluding hydrogens is 379 g/mol. The van der Waals surface area contributed by atoms with Crippen molar-refractivity contribution in [2.45, 2.75) is 26.3 Å². The van der Waals surface area contributed by atoms with Crippen LogP contribution >= 0.6 is 24.0 Å². The molecule has 0 atom stereocenters. The molecule has 0 heterocycles. The molecule has 3 N–H and O–H groups in total. The first kappa shape index (κ1) is 17.7. The van der Waals surface area contributed by atoms with Gasteiger partial charge in [0.2, 0.25) is 5.91 Å². The Morgan fingerprint density at radius 2 is 2.10 bits per heavy atom. The SMILES string of the molecule is CN=C(NCc1cccc(NC(C)=O)c1)NCC1CC1.I. The summed E-state index contributed by atoms with van der Waals surface area (Å²) in [5.41, 5.74) is 1.92. The van der Waals surface area contributed by atoms with Crippen molar-refractivity contribution < 1.29 is 4.79 Å². The third kappa shape index (κ3) is 6.79. The summed E-state index contributed by atoms with van der Waals surface area (Å²) in [4.78, 5) is 15.2. The highest BCUT2D eigenvalue weighted by atomic mass is 127. The minimum Gasteiger partial charge on any atom is -0.356 e. The summed E-state index contributed by atoms with van der Waals surface area (Å²) in [7, 11) is 1.77. The first-order valence-electron chi connectivity index (χ1n) is 6.98. The van der Waals surface area contributed by atoms with E-state index in [0.29, 0.717) is 6.54 Å². The van der Waals surface area contributed by atoms with Gasteiger partial charge < -0.3 is 16.0 Å². The second-order valence-corrected chi connectivity index (χ2v) is 5.13. The second kappa shape index (κ2) is 8.86. The Morgan fingerprint density at radius 1 is 1.33 bits per heavy atom. The van der Waals surface area contributed by atoms with Crippen LogP contribution in [0.4, 0.5) is 5.69 Å². The molecule has 0 aliphatic heterocycles. The molecule has 1 aliphatic rings. The quantitative estimate of drug-likeness (QED) is 0.403. The third-order valence-corrected chi connectivity index (χ3v) is 3.19. The summed E-state index contributed by atoms with van der Waals surface area (Å²) >= 11 is 0. The lowest BCUT2D eigenvalue weighted by Crippen LogP contribution is -2.37. The number of aliphatic imine (C=N–C) groups is 1. The summed E-state index contributed by atoms with van der Waals surface area (Å²) in [6.45, 7) is 3.18. The van der Waals surface area contributed by atoms with Gasteiger partial charge in [-0.05, 0) is 36.5 Å². The fraction of sp³-hybridized carbons (Fsp3) is 0.467. The van der Waals surface area contributed by atoms with Crippen molar-refractivity contribution in [3.05, 3.63) is 29.8 Å². The molecule has 0 aromatic heterocycles. The molecule has 1 aromatic rings. The largest absolute Gasteiger partial charge is 0.356 e. The van der Waals surface area contributed by atoms with Gasteiger partial charge in [0.25, 0.3) is 0 Å². The number of nitrogens with one attached hydrogen (secondary N) is 3. The van der Waals surface area contributed by atoms with Crippen LogP contribution in [0, 0.1) is 5.92 Å². The van der Waals surface area contributed by atoms with E-state index in [-0.39, 0.29) is 29.9 Å². The number of benzene rings is 1. The van der Waals surface area contributed by atoms with E-state index >= 15 is 0 Å². The van der Waals surface area contributed by atoms with Gasteiger partial charge in [0, 0.05) is 32.7 Å². The molecule has 1 amide bonds. The topological polar surface area (TPSA) is 65.5 Å². The molecule has 1 saturated carbocycles. The van der Waals surface area contributed by atoms with Crippen LogP contribution in [-0.4, -0.2) is 25.5 Å². The Bertz CT molecular complexity index is 500. The highest BCUT2D eigenvalue weighted by Gasteiger charge is 2.20. The molecule has 1 fully saturated rings. The Kier molecular flexibility index (Phi) is 7.49. The van der Waals surface area contributed by atoms with Gasteiger partial charge in [-0.15, -0.1) is 24.0 Å². The summed E-state index contributed by atoms with van der Waals surface area (Å²) in [5, 5.41) is 9.38. The van der Waals surface area contributed by atoms with Gasteiger partial charge in [-0.1, -0.05) is 12.1 Å². The lowest BCUT2D eigenvalue weighted by atomic mass is 10.2. The molecule has 0 saturated heterocycles. The van der Waals surface area contributed by atoms with Crippen LogP contribution in [0.5, 0.6) is 0 Å². The smallest absolute Gasteiger partial charge is 0.221 e. The predicted octanol–water partition coefficient (Wildman–Crippen LogP) is 2.34. The Morgan fingerprint density at radius 3 is 2.71 bits per heavy atom. The standard InChI is InChI=1S/C15H22N4O.HI/c1-11(20)19-14-5-3-4-13(8-14)10-18-15(16-2)17-9-12-6-7-12;/h3-5,8,12H,6-7,9-10H2,1-2H3,(H,19,20)(H2,16,17,18);1H. The van der Waals surface area contributed by atoms with E-state index in [1.807, 2.05) is 24.3 Å². The second-order valence-electron chi connectivity index (χ2n) is 5.13. The molecule has 0 unspecified atom stereocenters. The van der Waals surface area contributed by atoms with Crippen LogP contribution < -0.4 is 16.0 Å². The normalized spacial score (nSPS) is 14.1. The minimum atomic E-state index is -0.0583. The van der Waals surface area contributed by atoms with Crippen LogP contribution in [0.3, 0.4) is 0 Å². The average Bonchev–Trinajstić information content (AvgIpc) is 3.23. The van der Waals surface area contributed by atoms with E-state index in [4.69, 9.17) is 0 Å². The first-order chi connectivity index (χ1) is 9.67. The highest BCUT2D eigenvalue weighted by molar-refractivity contribution is 14.0. The van der Waals surface area contributed by atoms with Crippen molar-refractivity contribution in [1.82, 2.24) is 10.6 Å². The maximum atomic E-state index is 11.0. The summed E-state index contributed by atoms with van der Waals surface area (Å²) < 4.78 is 0. The molecular formula is C15H23IN4O. The number of hydrogen-bond acceptors (Lipinski definition) is 2. The fourth-order valence-electron chi connectivity index (χ4n) is 1.93. The van der Waals surface area contributed by atoms with Gasteiger partial charge in [0.1, 0.15) is 0 Å². The number of anilines is 1. The number of carbonyl (C=O) groups is 1. The molecule has 5 nitrogen and oxygen atoms in total. The Labute approximate surface area is 143 Å². The monoisotopic (exact) mass is 402 g/mol. The van der Waals surface area contributed by atoms with Crippen molar-refractivity contribution in [3.8, 4) is 0 Å². The van der Waals surface area contributed by atoms with Gasteiger partial charge in [0.05, 0.1) is 0 Å². The van der Waals surface area contributed by atoms with Crippen molar-refractivity contribution >= 4 is 41.5 Å².